The fourth-order valence-electron chi connectivity index (χ4n) is 1.90. The van der Waals surface area contributed by atoms with E-state index in [0.717, 1.165) is 0 Å². The molecular formula is C11H17N5O3. The predicted octanol–water partition coefficient (Wildman–Crippen LogP) is -0.830. The van der Waals surface area contributed by atoms with Crippen molar-refractivity contribution in [2.75, 3.05) is 19.8 Å². The van der Waals surface area contributed by atoms with Crippen LogP contribution in [0.3, 0.4) is 0 Å². The molecule has 0 aromatic carbocycles. The third kappa shape index (κ3) is 3.08. The van der Waals surface area contributed by atoms with Gasteiger partial charge in [-0.3, -0.25) is 9.59 Å². The van der Waals surface area contributed by atoms with Crippen LogP contribution in [0.5, 0.6) is 0 Å². The molecule has 1 aliphatic rings. The number of hydrogen-bond acceptors (Lipinski definition) is 5. The van der Waals surface area contributed by atoms with E-state index in [2.05, 4.69) is 20.7 Å². The summed E-state index contributed by atoms with van der Waals surface area (Å²) in [7, 11) is 0. The number of nitrogens with one attached hydrogen (secondary N) is 2. The fourth-order valence-corrected chi connectivity index (χ4v) is 1.90. The van der Waals surface area contributed by atoms with Crippen LogP contribution >= 0.6 is 0 Å². The van der Waals surface area contributed by atoms with E-state index < -0.39 is 6.04 Å². The molecule has 1 aromatic heterocycles. The van der Waals surface area contributed by atoms with E-state index in [9.17, 15) is 9.59 Å². The predicted molar refractivity (Wildman–Crippen MR) is 65.3 cm³/mol. The van der Waals surface area contributed by atoms with Crippen molar-refractivity contribution in [2.24, 2.45) is 0 Å². The van der Waals surface area contributed by atoms with Gasteiger partial charge in [0.25, 0.3) is 5.91 Å². The summed E-state index contributed by atoms with van der Waals surface area (Å²) in [6.07, 6.45) is 1.34. The van der Waals surface area contributed by atoms with Gasteiger partial charge in [-0.1, -0.05) is 0 Å². The molecule has 2 heterocycles. The van der Waals surface area contributed by atoms with Crippen molar-refractivity contribution in [1.82, 2.24) is 25.6 Å². The van der Waals surface area contributed by atoms with Crippen LogP contribution in [0.4, 0.5) is 0 Å². The Morgan fingerprint density at radius 3 is 3.00 bits per heavy atom. The van der Waals surface area contributed by atoms with Gasteiger partial charge in [0, 0.05) is 12.6 Å². The molecule has 2 N–H and O–H groups in total. The van der Waals surface area contributed by atoms with Gasteiger partial charge >= 0.3 is 0 Å². The van der Waals surface area contributed by atoms with Crippen LogP contribution in [0.25, 0.3) is 0 Å². The molecule has 19 heavy (non-hydrogen) atoms. The Balaban J connectivity index is 2.12. The Morgan fingerprint density at radius 1 is 1.58 bits per heavy atom. The first-order valence-electron chi connectivity index (χ1n) is 6.14. The van der Waals surface area contributed by atoms with E-state index in [1.165, 1.54) is 11.1 Å². The molecule has 2 amide bonds. The van der Waals surface area contributed by atoms with E-state index in [-0.39, 0.29) is 30.2 Å². The van der Waals surface area contributed by atoms with Crippen LogP contribution in [0.15, 0.2) is 6.20 Å². The third-order valence-corrected chi connectivity index (χ3v) is 2.76. The standard InChI is InChI=1S/C11H17N5O3/c1-7(2)13-10(17)9-6-19-4-3-16(9)11(18)8-5-12-15-14-8/h5,7,9H,3-4,6H2,1-2H3,(H,13,17)(H,12,14,15). The summed E-state index contributed by atoms with van der Waals surface area (Å²) >= 11 is 0. The monoisotopic (exact) mass is 267 g/mol. The van der Waals surface area contributed by atoms with E-state index in [0.29, 0.717) is 13.2 Å². The van der Waals surface area contributed by atoms with E-state index in [1.54, 1.807) is 0 Å². The van der Waals surface area contributed by atoms with Crippen LogP contribution in [0.1, 0.15) is 24.3 Å². The van der Waals surface area contributed by atoms with Gasteiger partial charge in [-0.15, -0.1) is 0 Å². The number of aromatic nitrogens is 3. The van der Waals surface area contributed by atoms with Crippen LogP contribution < -0.4 is 5.32 Å². The highest BCUT2D eigenvalue weighted by atomic mass is 16.5. The molecule has 0 aliphatic carbocycles. The molecule has 0 bridgehead atoms. The SMILES string of the molecule is CC(C)NC(=O)C1COCCN1C(=O)c1cn[nH]n1. The zero-order valence-electron chi connectivity index (χ0n) is 10.9. The molecule has 0 saturated carbocycles. The Labute approximate surface area is 110 Å². The molecule has 1 unspecified atom stereocenters. The van der Waals surface area contributed by atoms with Crippen molar-refractivity contribution in [2.45, 2.75) is 25.9 Å². The maximum Gasteiger partial charge on any atom is 0.276 e. The Bertz CT molecular complexity index is 445. The zero-order chi connectivity index (χ0) is 13.8. The third-order valence-electron chi connectivity index (χ3n) is 2.76. The number of amides is 2. The minimum Gasteiger partial charge on any atom is -0.377 e. The number of ether oxygens (including phenoxy) is 1. The molecule has 1 fully saturated rings. The second kappa shape index (κ2) is 5.79. The molecule has 8 heteroatoms. The van der Waals surface area contributed by atoms with Gasteiger partial charge < -0.3 is 15.0 Å². The zero-order valence-corrected chi connectivity index (χ0v) is 10.9. The maximum absolute atomic E-state index is 12.2. The van der Waals surface area contributed by atoms with Crippen molar-refractivity contribution in [3.63, 3.8) is 0 Å². The van der Waals surface area contributed by atoms with Crippen molar-refractivity contribution < 1.29 is 14.3 Å². The lowest BCUT2D eigenvalue weighted by molar-refractivity contribution is -0.131. The summed E-state index contributed by atoms with van der Waals surface area (Å²) in [5.74, 6) is -0.535. The average molecular weight is 267 g/mol. The van der Waals surface area contributed by atoms with E-state index >= 15 is 0 Å². The maximum atomic E-state index is 12.2. The van der Waals surface area contributed by atoms with E-state index in [1.807, 2.05) is 13.8 Å². The molecule has 1 saturated heterocycles. The lowest BCUT2D eigenvalue weighted by atomic mass is 10.2. The number of aromatic amines is 1. The number of carbonyl (C=O) groups excluding carboxylic acids is 2. The smallest absolute Gasteiger partial charge is 0.276 e. The number of morpholine rings is 1. The molecule has 1 aromatic rings. The molecule has 1 atom stereocenters. The Hall–Kier alpha value is -1.96. The second-order valence-corrected chi connectivity index (χ2v) is 4.61. The summed E-state index contributed by atoms with van der Waals surface area (Å²) in [4.78, 5) is 25.8. The number of hydrogen-bond donors (Lipinski definition) is 2. The van der Waals surface area contributed by atoms with E-state index in [4.69, 9.17) is 4.74 Å². The van der Waals surface area contributed by atoms with Crippen molar-refractivity contribution >= 4 is 11.8 Å². The van der Waals surface area contributed by atoms with Crippen LogP contribution in [-0.2, 0) is 9.53 Å². The summed E-state index contributed by atoms with van der Waals surface area (Å²) in [6, 6.07) is -0.612. The Morgan fingerprint density at radius 2 is 2.37 bits per heavy atom. The number of carbonyl (C=O) groups is 2. The van der Waals surface area contributed by atoms with Crippen LogP contribution in [0, 0.1) is 0 Å². The molecule has 1 aliphatic heterocycles. The van der Waals surface area contributed by atoms with Crippen LogP contribution in [0.2, 0.25) is 0 Å². The molecule has 104 valence electrons. The lowest BCUT2D eigenvalue weighted by Crippen LogP contribution is -2.56. The summed E-state index contributed by atoms with van der Waals surface area (Å²) in [5.41, 5.74) is 0.198. The number of rotatable bonds is 3. The first kappa shape index (κ1) is 13.5. The van der Waals surface area contributed by atoms with Gasteiger partial charge in [0.2, 0.25) is 5.91 Å². The fraction of sp³-hybridized carbons (Fsp3) is 0.636. The highest BCUT2D eigenvalue weighted by molar-refractivity contribution is 5.96. The quantitative estimate of drug-likeness (QED) is 0.744. The van der Waals surface area contributed by atoms with Gasteiger partial charge in [-0.05, 0) is 13.8 Å². The lowest BCUT2D eigenvalue weighted by Gasteiger charge is -2.34. The first-order valence-corrected chi connectivity index (χ1v) is 6.14. The van der Waals surface area contributed by atoms with Gasteiger partial charge in [0.05, 0.1) is 19.4 Å². The molecular weight excluding hydrogens is 250 g/mol. The molecule has 0 spiro atoms. The number of H-pyrrole nitrogens is 1. The van der Waals surface area contributed by atoms with Gasteiger partial charge in [-0.2, -0.15) is 15.4 Å². The minimum atomic E-state index is -0.625. The summed E-state index contributed by atoms with van der Waals surface area (Å²) in [5, 5.41) is 12.5. The number of nitrogens with zero attached hydrogens (tertiary/aromatic N) is 3. The second-order valence-electron chi connectivity index (χ2n) is 4.61. The first-order chi connectivity index (χ1) is 9.09. The minimum absolute atomic E-state index is 0.0124. The largest absolute Gasteiger partial charge is 0.377 e. The average Bonchev–Trinajstić information content (AvgIpc) is 2.91. The topological polar surface area (TPSA) is 100 Å². The van der Waals surface area contributed by atoms with Gasteiger partial charge in [0.1, 0.15) is 6.04 Å². The molecule has 0 radical (unpaired) electrons. The highest BCUT2D eigenvalue weighted by Gasteiger charge is 2.34. The van der Waals surface area contributed by atoms with Crippen LogP contribution in [-0.4, -0.2) is 64.0 Å². The summed E-state index contributed by atoms with van der Waals surface area (Å²) in [6.45, 7) is 4.70. The normalized spacial score (nSPS) is 19.5. The van der Waals surface area contributed by atoms with Gasteiger partial charge in [-0.25, -0.2) is 0 Å². The summed E-state index contributed by atoms with van der Waals surface area (Å²) < 4.78 is 5.28. The van der Waals surface area contributed by atoms with Crippen molar-refractivity contribution in [3.05, 3.63) is 11.9 Å². The highest BCUT2D eigenvalue weighted by Crippen LogP contribution is 2.11. The molecule has 8 nitrogen and oxygen atoms in total. The van der Waals surface area contributed by atoms with Crippen molar-refractivity contribution in [1.29, 1.82) is 0 Å². The Kier molecular flexibility index (Phi) is 4.10. The molecule has 2 rings (SSSR count). The van der Waals surface area contributed by atoms with Gasteiger partial charge in [0.15, 0.2) is 5.69 Å². The van der Waals surface area contributed by atoms with Crippen molar-refractivity contribution in [3.8, 4) is 0 Å².